The standard InChI is InChI=1S/C12H17NO3/c1-4-16-12(14)11(13-2)9-7-5-6-8-10(9)15-3/h5-8,11,13H,4H2,1-3H3. The molecule has 0 aliphatic rings. The van der Waals surface area contributed by atoms with Crippen molar-refractivity contribution in [3.05, 3.63) is 29.8 Å². The first-order valence-corrected chi connectivity index (χ1v) is 5.21. The summed E-state index contributed by atoms with van der Waals surface area (Å²) in [5, 5.41) is 2.92. The van der Waals surface area contributed by atoms with Gasteiger partial charge in [0.25, 0.3) is 0 Å². The first-order valence-electron chi connectivity index (χ1n) is 5.21. The molecule has 88 valence electrons. The Hall–Kier alpha value is -1.55. The van der Waals surface area contributed by atoms with E-state index in [9.17, 15) is 4.79 Å². The zero-order valence-electron chi connectivity index (χ0n) is 9.82. The van der Waals surface area contributed by atoms with Gasteiger partial charge in [-0.25, -0.2) is 4.79 Å². The lowest BCUT2D eigenvalue weighted by molar-refractivity contribution is -0.145. The molecular weight excluding hydrogens is 206 g/mol. The van der Waals surface area contributed by atoms with Gasteiger partial charge in [0.15, 0.2) is 0 Å². The zero-order chi connectivity index (χ0) is 12.0. The number of likely N-dealkylation sites (N-methyl/N-ethyl adjacent to an activating group) is 1. The molecule has 0 radical (unpaired) electrons. The molecule has 16 heavy (non-hydrogen) atoms. The molecule has 0 bridgehead atoms. The highest BCUT2D eigenvalue weighted by atomic mass is 16.5. The van der Waals surface area contributed by atoms with Gasteiger partial charge >= 0.3 is 5.97 Å². The van der Waals surface area contributed by atoms with Crippen LogP contribution in [0.2, 0.25) is 0 Å². The molecule has 0 fully saturated rings. The fourth-order valence-corrected chi connectivity index (χ4v) is 1.53. The number of hydrogen-bond acceptors (Lipinski definition) is 4. The summed E-state index contributed by atoms with van der Waals surface area (Å²) in [5.41, 5.74) is 0.783. The van der Waals surface area contributed by atoms with Crippen LogP contribution in [0.1, 0.15) is 18.5 Å². The van der Waals surface area contributed by atoms with Crippen molar-refractivity contribution in [3.8, 4) is 5.75 Å². The molecule has 0 aliphatic carbocycles. The van der Waals surface area contributed by atoms with E-state index >= 15 is 0 Å². The molecule has 0 saturated heterocycles. The monoisotopic (exact) mass is 223 g/mol. The molecule has 1 atom stereocenters. The van der Waals surface area contributed by atoms with Crippen LogP contribution in [0, 0.1) is 0 Å². The van der Waals surface area contributed by atoms with Crippen molar-refractivity contribution >= 4 is 5.97 Å². The number of ether oxygens (including phenoxy) is 2. The second kappa shape index (κ2) is 6.12. The van der Waals surface area contributed by atoms with E-state index in [0.717, 1.165) is 5.56 Å². The van der Waals surface area contributed by atoms with Crippen LogP contribution in [0.4, 0.5) is 0 Å². The summed E-state index contributed by atoms with van der Waals surface area (Å²) in [4.78, 5) is 11.7. The first-order chi connectivity index (χ1) is 7.74. The van der Waals surface area contributed by atoms with Crippen LogP contribution in [-0.2, 0) is 9.53 Å². The lowest BCUT2D eigenvalue weighted by atomic mass is 10.1. The lowest BCUT2D eigenvalue weighted by Crippen LogP contribution is -2.27. The Bertz CT molecular complexity index is 352. The van der Waals surface area contributed by atoms with E-state index in [1.807, 2.05) is 24.3 Å². The van der Waals surface area contributed by atoms with E-state index < -0.39 is 6.04 Å². The molecule has 1 aromatic carbocycles. The summed E-state index contributed by atoms with van der Waals surface area (Å²) in [5.74, 6) is 0.379. The molecule has 0 saturated carbocycles. The Balaban J connectivity index is 2.98. The van der Waals surface area contributed by atoms with Crippen LogP contribution in [0.3, 0.4) is 0 Å². The van der Waals surface area contributed by atoms with Gasteiger partial charge in [-0.3, -0.25) is 0 Å². The molecule has 1 N–H and O–H groups in total. The molecule has 1 rings (SSSR count). The zero-order valence-corrected chi connectivity index (χ0v) is 9.82. The SMILES string of the molecule is CCOC(=O)C(NC)c1ccccc1OC. The summed E-state index contributed by atoms with van der Waals surface area (Å²) >= 11 is 0. The van der Waals surface area contributed by atoms with E-state index in [4.69, 9.17) is 9.47 Å². The molecule has 4 heteroatoms. The summed E-state index contributed by atoms with van der Waals surface area (Å²) in [6.45, 7) is 2.15. The van der Waals surface area contributed by atoms with Gasteiger partial charge in [0, 0.05) is 5.56 Å². The number of nitrogens with one attached hydrogen (secondary N) is 1. The van der Waals surface area contributed by atoms with Crippen molar-refractivity contribution in [3.63, 3.8) is 0 Å². The first kappa shape index (κ1) is 12.5. The molecule has 1 aromatic rings. The van der Waals surface area contributed by atoms with Gasteiger partial charge in [-0.2, -0.15) is 0 Å². The number of para-hydroxylation sites is 1. The molecule has 4 nitrogen and oxygen atoms in total. The number of methoxy groups -OCH3 is 1. The van der Waals surface area contributed by atoms with Crippen molar-refractivity contribution < 1.29 is 14.3 Å². The third kappa shape index (κ3) is 2.73. The summed E-state index contributed by atoms with van der Waals surface area (Å²) < 4.78 is 10.2. The Morgan fingerprint density at radius 2 is 2.12 bits per heavy atom. The number of esters is 1. The highest BCUT2D eigenvalue weighted by molar-refractivity contribution is 5.78. The summed E-state index contributed by atoms with van der Waals surface area (Å²) in [6, 6.07) is 6.90. The van der Waals surface area contributed by atoms with Gasteiger partial charge in [-0.05, 0) is 20.0 Å². The minimum absolute atomic E-state index is 0.297. The highest BCUT2D eigenvalue weighted by Crippen LogP contribution is 2.25. The number of carbonyl (C=O) groups is 1. The topological polar surface area (TPSA) is 47.6 Å². The second-order valence-corrected chi connectivity index (χ2v) is 3.22. The van der Waals surface area contributed by atoms with Crippen LogP contribution in [0.25, 0.3) is 0 Å². The van der Waals surface area contributed by atoms with Gasteiger partial charge < -0.3 is 14.8 Å². The van der Waals surface area contributed by atoms with Gasteiger partial charge in [0.1, 0.15) is 11.8 Å². The predicted molar refractivity (Wildman–Crippen MR) is 61.4 cm³/mol. The molecule has 0 amide bonds. The maximum atomic E-state index is 11.7. The molecule has 0 heterocycles. The number of benzene rings is 1. The van der Waals surface area contributed by atoms with Gasteiger partial charge in [-0.15, -0.1) is 0 Å². The third-order valence-electron chi connectivity index (χ3n) is 2.26. The molecule has 0 aromatic heterocycles. The Morgan fingerprint density at radius 1 is 1.44 bits per heavy atom. The van der Waals surface area contributed by atoms with Crippen molar-refractivity contribution in [1.29, 1.82) is 0 Å². The van der Waals surface area contributed by atoms with Gasteiger partial charge in [0.05, 0.1) is 13.7 Å². The van der Waals surface area contributed by atoms with Crippen LogP contribution < -0.4 is 10.1 Å². The van der Waals surface area contributed by atoms with E-state index in [-0.39, 0.29) is 5.97 Å². The van der Waals surface area contributed by atoms with Crippen LogP contribution in [0.5, 0.6) is 5.75 Å². The van der Waals surface area contributed by atoms with E-state index in [1.165, 1.54) is 0 Å². The number of rotatable bonds is 5. The normalized spacial score (nSPS) is 11.9. The van der Waals surface area contributed by atoms with Crippen molar-refractivity contribution in [1.82, 2.24) is 5.32 Å². The fourth-order valence-electron chi connectivity index (χ4n) is 1.53. The molecule has 1 unspecified atom stereocenters. The minimum atomic E-state index is -0.490. The van der Waals surface area contributed by atoms with Crippen molar-refractivity contribution in [2.24, 2.45) is 0 Å². The molecule has 0 aliphatic heterocycles. The Kier molecular flexibility index (Phi) is 4.79. The lowest BCUT2D eigenvalue weighted by Gasteiger charge is -2.17. The highest BCUT2D eigenvalue weighted by Gasteiger charge is 2.22. The van der Waals surface area contributed by atoms with Crippen LogP contribution in [-0.4, -0.2) is 26.7 Å². The predicted octanol–water partition coefficient (Wildman–Crippen LogP) is 1.52. The second-order valence-electron chi connectivity index (χ2n) is 3.22. The van der Waals surface area contributed by atoms with Crippen LogP contribution in [0.15, 0.2) is 24.3 Å². The smallest absolute Gasteiger partial charge is 0.327 e. The maximum Gasteiger partial charge on any atom is 0.327 e. The van der Waals surface area contributed by atoms with Gasteiger partial charge in [0.2, 0.25) is 0 Å². The number of carbonyl (C=O) groups excluding carboxylic acids is 1. The van der Waals surface area contributed by atoms with Gasteiger partial charge in [-0.1, -0.05) is 18.2 Å². The largest absolute Gasteiger partial charge is 0.496 e. The molecule has 0 spiro atoms. The molecular formula is C12H17NO3. The van der Waals surface area contributed by atoms with Crippen LogP contribution >= 0.6 is 0 Å². The van der Waals surface area contributed by atoms with Crippen molar-refractivity contribution in [2.75, 3.05) is 20.8 Å². The van der Waals surface area contributed by atoms with E-state index in [0.29, 0.717) is 12.4 Å². The summed E-state index contributed by atoms with van der Waals surface area (Å²) in [7, 11) is 3.30. The summed E-state index contributed by atoms with van der Waals surface area (Å²) in [6.07, 6.45) is 0. The maximum absolute atomic E-state index is 11.7. The van der Waals surface area contributed by atoms with Crippen molar-refractivity contribution in [2.45, 2.75) is 13.0 Å². The average molecular weight is 223 g/mol. The average Bonchev–Trinajstić information content (AvgIpc) is 2.31. The fraction of sp³-hybridized carbons (Fsp3) is 0.417. The Labute approximate surface area is 95.6 Å². The minimum Gasteiger partial charge on any atom is -0.496 e. The van der Waals surface area contributed by atoms with E-state index in [1.54, 1.807) is 21.1 Å². The van der Waals surface area contributed by atoms with E-state index in [2.05, 4.69) is 5.32 Å². The Morgan fingerprint density at radius 3 is 2.69 bits per heavy atom. The quantitative estimate of drug-likeness (QED) is 0.769. The third-order valence-corrected chi connectivity index (χ3v) is 2.26. The number of hydrogen-bond donors (Lipinski definition) is 1.